The molecular formula is C11H16N2. The van der Waals surface area contributed by atoms with Gasteiger partial charge in [0.2, 0.25) is 0 Å². The number of hydrogen-bond donors (Lipinski definition) is 1. The molecule has 0 amide bonds. The maximum absolute atomic E-state index is 3.98. The van der Waals surface area contributed by atoms with Crippen LogP contribution in [0.3, 0.4) is 0 Å². The van der Waals surface area contributed by atoms with Gasteiger partial charge in [-0.25, -0.2) is 0 Å². The molecule has 0 aliphatic heterocycles. The van der Waals surface area contributed by atoms with Crippen molar-refractivity contribution in [1.82, 2.24) is 10.3 Å². The first kappa shape index (κ1) is 9.93. The first-order valence-electron chi connectivity index (χ1n) is 4.52. The molecule has 2 heteroatoms. The predicted molar refractivity (Wildman–Crippen MR) is 55.4 cm³/mol. The third-order valence-corrected chi connectivity index (χ3v) is 2.07. The SMILES string of the molecule is C=CC(C)N[C@H](C)c1ccncc1. The van der Waals surface area contributed by atoms with E-state index in [0.29, 0.717) is 12.1 Å². The Morgan fingerprint density at radius 2 is 2.00 bits per heavy atom. The van der Waals surface area contributed by atoms with Crippen molar-refractivity contribution < 1.29 is 0 Å². The molecule has 2 nitrogen and oxygen atoms in total. The Morgan fingerprint density at radius 1 is 1.38 bits per heavy atom. The largest absolute Gasteiger partial charge is 0.304 e. The Morgan fingerprint density at radius 3 is 2.54 bits per heavy atom. The van der Waals surface area contributed by atoms with Gasteiger partial charge in [-0.05, 0) is 31.5 Å². The molecule has 0 aliphatic carbocycles. The number of pyridine rings is 1. The molecule has 0 bridgehead atoms. The van der Waals surface area contributed by atoms with Gasteiger partial charge in [-0.1, -0.05) is 6.08 Å². The summed E-state index contributed by atoms with van der Waals surface area (Å²) in [6, 6.07) is 4.72. The van der Waals surface area contributed by atoms with Gasteiger partial charge in [0.15, 0.2) is 0 Å². The smallest absolute Gasteiger partial charge is 0.0298 e. The molecule has 1 rings (SSSR count). The fourth-order valence-electron chi connectivity index (χ4n) is 1.21. The van der Waals surface area contributed by atoms with Crippen LogP contribution in [0.25, 0.3) is 0 Å². The van der Waals surface area contributed by atoms with E-state index in [0.717, 1.165) is 0 Å². The van der Waals surface area contributed by atoms with E-state index in [-0.39, 0.29) is 0 Å². The number of nitrogens with one attached hydrogen (secondary N) is 1. The summed E-state index contributed by atoms with van der Waals surface area (Å²) in [6.45, 7) is 7.95. The summed E-state index contributed by atoms with van der Waals surface area (Å²) >= 11 is 0. The van der Waals surface area contributed by atoms with Gasteiger partial charge in [0.1, 0.15) is 0 Å². The van der Waals surface area contributed by atoms with Crippen molar-refractivity contribution in [3.05, 3.63) is 42.7 Å². The Bertz CT molecular complexity index is 256. The van der Waals surface area contributed by atoms with Gasteiger partial charge in [-0.2, -0.15) is 0 Å². The van der Waals surface area contributed by atoms with Crippen LogP contribution in [0.1, 0.15) is 25.5 Å². The van der Waals surface area contributed by atoms with E-state index in [4.69, 9.17) is 0 Å². The first-order chi connectivity index (χ1) is 6.24. The van der Waals surface area contributed by atoms with Crippen LogP contribution >= 0.6 is 0 Å². The lowest BCUT2D eigenvalue weighted by Gasteiger charge is -2.17. The summed E-state index contributed by atoms with van der Waals surface area (Å²) in [5, 5.41) is 3.40. The van der Waals surface area contributed by atoms with Crippen molar-refractivity contribution in [3.63, 3.8) is 0 Å². The highest BCUT2D eigenvalue weighted by Crippen LogP contribution is 2.10. The summed E-state index contributed by atoms with van der Waals surface area (Å²) in [7, 11) is 0. The molecule has 0 spiro atoms. The molecule has 0 fully saturated rings. The molecule has 0 saturated carbocycles. The summed E-state index contributed by atoms with van der Waals surface area (Å²) in [5.41, 5.74) is 1.25. The van der Waals surface area contributed by atoms with Gasteiger partial charge < -0.3 is 5.32 Å². The molecule has 1 aromatic heterocycles. The van der Waals surface area contributed by atoms with Crippen LogP contribution in [0.4, 0.5) is 0 Å². The van der Waals surface area contributed by atoms with Gasteiger partial charge in [-0.15, -0.1) is 6.58 Å². The lowest BCUT2D eigenvalue weighted by Crippen LogP contribution is -2.26. The zero-order chi connectivity index (χ0) is 9.68. The van der Waals surface area contributed by atoms with Crippen LogP contribution in [0.5, 0.6) is 0 Å². The van der Waals surface area contributed by atoms with Crippen LogP contribution in [-0.4, -0.2) is 11.0 Å². The third kappa shape index (κ3) is 2.99. The molecule has 1 unspecified atom stereocenters. The van der Waals surface area contributed by atoms with E-state index in [1.165, 1.54) is 5.56 Å². The molecule has 1 aromatic rings. The van der Waals surface area contributed by atoms with E-state index in [1.807, 2.05) is 30.6 Å². The highest BCUT2D eigenvalue weighted by atomic mass is 14.9. The molecule has 0 radical (unpaired) electrons. The minimum absolute atomic E-state index is 0.336. The number of rotatable bonds is 4. The van der Waals surface area contributed by atoms with Crippen molar-refractivity contribution in [1.29, 1.82) is 0 Å². The first-order valence-corrected chi connectivity index (χ1v) is 4.52. The lowest BCUT2D eigenvalue weighted by atomic mass is 10.1. The van der Waals surface area contributed by atoms with Gasteiger partial charge in [-0.3, -0.25) is 4.98 Å². The van der Waals surface area contributed by atoms with E-state index < -0.39 is 0 Å². The van der Waals surface area contributed by atoms with Crippen molar-refractivity contribution in [3.8, 4) is 0 Å². The predicted octanol–water partition coefficient (Wildman–Crippen LogP) is 2.31. The highest BCUT2D eigenvalue weighted by molar-refractivity contribution is 5.14. The summed E-state index contributed by atoms with van der Waals surface area (Å²) < 4.78 is 0. The quantitative estimate of drug-likeness (QED) is 0.712. The fraction of sp³-hybridized carbons (Fsp3) is 0.364. The minimum Gasteiger partial charge on any atom is -0.304 e. The van der Waals surface area contributed by atoms with Crippen LogP contribution in [-0.2, 0) is 0 Å². The second-order valence-corrected chi connectivity index (χ2v) is 3.19. The molecule has 0 aromatic carbocycles. The summed E-state index contributed by atoms with van der Waals surface area (Å²) in [6.07, 6.45) is 5.52. The zero-order valence-electron chi connectivity index (χ0n) is 8.20. The van der Waals surface area contributed by atoms with Crippen molar-refractivity contribution in [2.45, 2.75) is 25.9 Å². The fourth-order valence-corrected chi connectivity index (χ4v) is 1.21. The summed E-state index contributed by atoms with van der Waals surface area (Å²) in [5.74, 6) is 0. The molecule has 1 N–H and O–H groups in total. The molecule has 1 heterocycles. The molecule has 70 valence electrons. The monoisotopic (exact) mass is 176 g/mol. The molecule has 2 atom stereocenters. The van der Waals surface area contributed by atoms with Gasteiger partial charge in [0, 0.05) is 24.5 Å². The maximum atomic E-state index is 3.98. The number of nitrogens with zero attached hydrogens (tertiary/aromatic N) is 1. The summed E-state index contributed by atoms with van der Waals surface area (Å²) in [4.78, 5) is 3.98. The van der Waals surface area contributed by atoms with Gasteiger partial charge in [0.25, 0.3) is 0 Å². The maximum Gasteiger partial charge on any atom is 0.0298 e. The average Bonchev–Trinajstić information content (AvgIpc) is 2.19. The molecule has 0 saturated heterocycles. The standard InChI is InChI=1S/C11H16N2/c1-4-9(2)13-10(3)11-5-7-12-8-6-11/h4-10,13H,1H2,2-3H3/t9?,10-/m1/s1. The molecule has 0 aliphatic rings. The van der Waals surface area contributed by atoms with Gasteiger partial charge in [0.05, 0.1) is 0 Å². The van der Waals surface area contributed by atoms with Gasteiger partial charge >= 0.3 is 0 Å². The number of hydrogen-bond acceptors (Lipinski definition) is 2. The number of aromatic nitrogens is 1. The second kappa shape index (κ2) is 4.77. The van der Waals surface area contributed by atoms with E-state index in [9.17, 15) is 0 Å². The van der Waals surface area contributed by atoms with E-state index >= 15 is 0 Å². The van der Waals surface area contributed by atoms with Crippen molar-refractivity contribution in [2.24, 2.45) is 0 Å². The average molecular weight is 176 g/mol. The van der Waals surface area contributed by atoms with Crippen molar-refractivity contribution >= 4 is 0 Å². The topological polar surface area (TPSA) is 24.9 Å². The highest BCUT2D eigenvalue weighted by Gasteiger charge is 2.05. The Kier molecular flexibility index (Phi) is 3.65. The Balaban J connectivity index is 2.58. The van der Waals surface area contributed by atoms with Crippen LogP contribution in [0.15, 0.2) is 37.2 Å². The molecule has 13 heavy (non-hydrogen) atoms. The lowest BCUT2D eigenvalue weighted by molar-refractivity contribution is 0.537. The molecular weight excluding hydrogens is 160 g/mol. The van der Waals surface area contributed by atoms with E-state index in [2.05, 4.69) is 30.7 Å². The van der Waals surface area contributed by atoms with E-state index in [1.54, 1.807) is 0 Å². The van der Waals surface area contributed by atoms with Crippen LogP contribution in [0, 0.1) is 0 Å². The Hall–Kier alpha value is -1.15. The minimum atomic E-state index is 0.336. The second-order valence-electron chi connectivity index (χ2n) is 3.19. The Labute approximate surface area is 79.7 Å². The third-order valence-electron chi connectivity index (χ3n) is 2.07. The normalized spacial score (nSPS) is 14.9. The zero-order valence-corrected chi connectivity index (χ0v) is 8.20. The van der Waals surface area contributed by atoms with Crippen molar-refractivity contribution in [2.75, 3.05) is 0 Å². The van der Waals surface area contributed by atoms with Crippen LogP contribution in [0.2, 0.25) is 0 Å². The van der Waals surface area contributed by atoms with Crippen LogP contribution < -0.4 is 5.32 Å².